The van der Waals surface area contributed by atoms with E-state index >= 15 is 0 Å². The van der Waals surface area contributed by atoms with Crippen LogP contribution in [0.2, 0.25) is 0 Å². The smallest absolute Gasteiger partial charge is 0.339 e. The lowest BCUT2D eigenvalue weighted by atomic mass is 10.00. The Labute approximate surface area is 104 Å². The average molecular weight is 247 g/mol. The summed E-state index contributed by atoms with van der Waals surface area (Å²) in [5, 5.41) is 13.0. The highest BCUT2D eigenvalue weighted by Gasteiger charge is 2.20. The molecule has 94 valence electrons. The van der Waals surface area contributed by atoms with E-state index in [-0.39, 0.29) is 5.56 Å². The maximum atomic E-state index is 11.2. The molecule has 0 aliphatic carbocycles. The van der Waals surface area contributed by atoms with Crippen LogP contribution in [-0.4, -0.2) is 23.3 Å². The van der Waals surface area contributed by atoms with Crippen molar-refractivity contribution in [1.29, 1.82) is 0 Å². The van der Waals surface area contributed by atoms with Gasteiger partial charge < -0.3 is 14.4 Å². The lowest BCUT2D eigenvalue weighted by Gasteiger charge is -2.10. The number of nitrogens with zero attached hydrogens (tertiary/aromatic N) is 1. The number of rotatable bonds is 3. The van der Waals surface area contributed by atoms with Crippen molar-refractivity contribution < 1.29 is 19.2 Å². The van der Waals surface area contributed by atoms with Crippen LogP contribution in [0.5, 0.6) is 5.75 Å². The summed E-state index contributed by atoms with van der Waals surface area (Å²) in [6.07, 6.45) is 0. The van der Waals surface area contributed by atoms with Gasteiger partial charge in [0.25, 0.3) is 0 Å². The van der Waals surface area contributed by atoms with E-state index < -0.39 is 5.97 Å². The summed E-state index contributed by atoms with van der Waals surface area (Å²) in [5.74, 6) is -0.0757. The molecule has 0 spiro atoms. The quantitative estimate of drug-likeness (QED) is 0.902. The minimum Gasteiger partial charge on any atom is -0.495 e. The topological polar surface area (TPSA) is 72.6 Å². The molecule has 0 amide bonds. The largest absolute Gasteiger partial charge is 0.495 e. The molecule has 0 saturated heterocycles. The molecule has 5 nitrogen and oxygen atoms in total. The van der Waals surface area contributed by atoms with Gasteiger partial charge in [0.1, 0.15) is 17.1 Å². The third-order valence-electron chi connectivity index (χ3n) is 2.75. The molecule has 1 aromatic carbocycles. The molecule has 0 aliphatic rings. The molecule has 0 radical (unpaired) electrons. The van der Waals surface area contributed by atoms with Gasteiger partial charge in [0.15, 0.2) is 0 Å². The van der Waals surface area contributed by atoms with Crippen LogP contribution in [0.3, 0.4) is 0 Å². The summed E-state index contributed by atoms with van der Waals surface area (Å²) in [5.41, 5.74) is 2.27. The Morgan fingerprint density at radius 3 is 2.61 bits per heavy atom. The second kappa shape index (κ2) is 4.52. The fourth-order valence-corrected chi connectivity index (χ4v) is 1.99. The van der Waals surface area contributed by atoms with E-state index in [1.807, 2.05) is 0 Å². The van der Waals surface area contributed by atoms with Crippen LogP contribution >= 0.6 is 0 Å². The summed E-state index contributed by atoms with van der Waals surface area (Å²) >= 11 is 0. The molecule has 0 fully saturated rings. The molecule has 1 N–H and O–H groups in total. The summed E-state index contributed by atoms with van der Waals surface area (Å²) in [7, 11) is 1.45. The maximum absolute atomic E-state index is 11.2. The van der Waals surface area contributed by atoms with Crippen LogP contribution in [0.4, 0.5) is 0 Å². The SMILES string of the molecule is COc1c(C(=O)O)cccc1-c1c(C)noc1C. The van der Waals surface area contributed by atoms with E-state index in [9.17, 15) is 4.79 Å². The Bertz CT molecular complexity index is 582. The van der Waals surface area contributed by atoms with Crippen molar-refractivity contribution in [2.24, 2.45) is 0 Å². The molecule has 2 aromatic rings. The molecule has 1 aromatic heterocycles. The molecule has 0 saturated carbocycles. The lowest BCUT2D eigenvalue weighted by Crippen LogP contribution is -2.02. The number of carboxylic acid groups (broad SMARTS) is 1. The second-order valence-corrected chi connectivity index (χ2v) is 3.89. The Kier molecular flexibility index (Phi) is 3.06. The van der Waals surface area contributed by atoms with Crippen LogP contribution in [0.15, 0.2) is 22.7 Å². The second-order valence-electron chi connectivity index (χ2n) is 3.89. The van der Waals surface area contributed by atoms with Crippen molar-refractivity contribution in [2.45, 2.75) is 13.8 Å². The van der Waals surface area contributed by atoms with Gasteiger partial charge in [-0.1, -0.05) is 17.3 Å². The Hall–Kier alpha value is -2.30. The van der Waals surface area contributed by atoms with Crippen LogP contribution in [0.1, 0.15) is 21.8 Å². The van der Waals surface area contributed by atoms with Crippen molar-refractivity contribution in [3.63, 3.8) is 0 Å². The number of para-hydroxylation sites is 1. The Morgan fingerprint density at radius 1 is 1.39 bits per heavy atom. The van der Waals surface area contributed by atoms with Crippen molar-refractivity contribution in [3.05, 3.63) is 35.2 Å². The van der Waals surface area contributed by atoms with Gasteiger partial charge in [0, 0.05) is 5.56 Å². The van der Waals surface area contributed by atoms with Crippen molar-refractivity contribution in [3.8, 4) is 16.9 Å². The first-order valence-electron chi connectivity index (χ1n) is 5.39. The number of aryl methyl sites for hydroxylation is 2. The van der Waals surface area contributed by atoms with Gasteiger partial charge in [0.2, 0.25) is 0 Å². The van der Waals surface area contributed by atoms with Gasteiger partial charge >= 0.3 is 5.97 Å². The summed E-state index contributed by atoms with van der Waals surface area (Å²) < 4.78 is 10.3. The number of carboxylic acids is 1. The first kappa shape index (κ1) is 12.2. The number of ether oxygens (including phenoxy) is 1. The van der Waals surface area contributed by atoms with Gasteiger partial charge in [0.05, 0.1) is 18.4 Å². The zero-order valence-electron chi connectivity index (χ0n) is 10.4. The van der Waals surface area contributed by atoms with Crippen LogP contribution in [-0.2, 0) is 0 Å². The molecule has 5 heteroatoms. The first-order valence-corrected chi connectivity index (χ1v) is 5.39. The summed E-state index contributed by atoms with van der Waals surface area (Å²) in [6.45, 7) is 3.58. The summed E-state index contributed by atoms with van der Waals surface area (Å²) in [6, 6.07) is 4.97. The van der Waals surface area contributed by atoms with E-state index in [0.29, 0.717) is 22.8 Å². The van der Waals surface area contributed by atoms with Crippen LogP contribution in [0, 0.1) is 13.8 Å². The van der Waals surface area contributed by atoms with Gasteiger partial charge in [-0.3, -0.25) is 0 Å². The minimum absolute atomic E-state index is 0.120. The molecule has 2 rings (SSSR count). The number of methoxy groups -OCH3 is 1. The van der Waals surface area contributed by atoms with Crippen molar-refractivity contribution >= 4 is 5.97 Å². The predicted octanol–water partition coefficient (Wildman–Crippen LogP) is 2.67. The van der Waals surface area contributed by atoms with Gasteiger partial charge in [-0.05, 0) is 19.9 Å². The molecule has 0 aliphatic heterocycles. The van der Waals surface area contributed by atoms with E-state index in [2.05, 4.69) is 5.16 Å². The van der Waals surface area contributed by atoms with Gasteiger partial charge in [-0.25, -0.2) is 4.79 Å². The van der Waals surface area contributed by atoms with Crippen molar-refractivity contribution in [2.75, 3.05) is 7.11 Å². The summed E-state index contributed by atoms with van der Waals surface area (Å²) in [4.78, 5) is 11.2. The Morgan fingerprint density at radius 2 is 2.11 bits per heavy atom. The first-order chi connectivity index (χ1) is 8.56. The van der Waals surface area contributed by atoms with Crippen LogP contribution in [0.25, 0.3) is 11.1 Å². The number of aromatic carboxylic acids is 1. The third kappa shape index (κ3) is 1.84. The number of benzene rings is 1. The standard InChI is InChI=1S/C13H13NO4/c1-7-11(8(2)18-14-7)9-5-4-6-10(13(15)16)12(9)17-3/h4-6H,1-3H3,(H,15,16). The average Bonchev–Trinajstić information content (AvgIpc) is 2.68. The van der Waals surface area contributed by atoms with E-state index in [1.54, 1.807) is 26.0 Å². The number of hydrogen-bond acceptors (Lipinski definition) is 4. The highest BCUT2D eigenvalue weighted by atomic mass is 16.5. The van der Waals surface area contributed by atoms with E-state index in [1.165, 1.54) is 13.2 Å². The molecular formula is C13H13NO4. The molecule has 1 heterocycles. The fraction of sp³-hybridized carbons (Fsp3) is 0.231. The predicted molar refractivity (Wildman–Crippen MR) is 64.9 cm³/mol. The fourth-order valence-electron chi connectivity index (χ4n) is 1.99. The minimum atomic E-state index is -1.03. The highest BCUT2D eigenvalue weighted by Crippen LogP contribution is 2.36. The third-order valence-corrected chi connectivity index (χ3v) is 2.75. The Balaban J connectivity index is 2.72. The lowest BCUT2D eigenvalue weighted by molar-refractivity contribution is 0.0693. The van der Waals surface area contributed by atoms with E-state index in [4.69, 9.17) is 14.4 Å². The molecule has 0 bridgehead atoms. The van der Waals surface area contributed by atoms with Crippen LogP contribution < -0.4 is 4.74 Å². The number of hydrogen-bond donors (Lipinski definition) is 1. The van der Waals surface area contributed by atoms with Gasteiger partial charge in [-0.2, -0.15) is 0 Å². The molecule has 0 unspecified atom stereocenters. The molecule has 18 heavy (non-hydrogen) atoms. The zero-order chi connectivity index (χ0) is 13.3. The highest BCUT2D eigenvalue weighted by molar-refractivity contribution is 5.94. The molecule has 0 atom stereocenters. The maximum Gasteiger partial charge on any atom is 0.339 e. The van der Waals surface area contributed by atoms with Crippen molar-refractivity contribution in [1.82, 2.24) is 5.16 Å². The van der Waals surface area contributed by atoms with E-state index in [0.717, 1.165) is 5.56 Å². The number of aromatic nitrogens is 1. The normalized spacial score (nSPS) is 10.4. The zero-order valence-corrected chi connectivity index (χ0v) is 10.4. The molecular weight excluding hydrogens is 234 g/mol. The monoisotopic (exact) mass is 247 g/mol. The number of carbonyl (C=O) groups is 1. The van der Waals surface area contributed by atoms with Gasteiger partial charge in [-0.15, -0.1) is 0 Å².